The Morgan fingerprint density at radius 3 is 2.87 bits per heavy atom. The Hall–Kier alpha value is -1.86. The van der Waals surface area contributed by atoms with Crippen molar-refractivity contribution in [3.63, 3.8) is 0 Å². The monoisotopic (exact) mass is 222 g/mol. The molecule has 0 bridgehead atoms. The summed E-state index contributed by atoms with van der Waals surface area (Å²) in [6, 6.07) is 3.93. The number of aromatic amines is 1. The van der Waals surface area contributed by atoms with Crippen LogP contribution in [0.1, 0.15) is 5.56 Å². The van der Waals surface area contributed by atoms with E-state index in [1.807, 2.05) is 0 Å². The summed E-state index contributed by atoms with van der Waals surface area (Å²) in [4.78, 5) is 14.3. The molecule has 0 atom stereocenters. The number of fused-ring (bicyclic) bond motifs is 1. The molecular formula is C10H4ClFN2O. The normalized spacial score (nSPS) is 10.2. The molecule has 0 amide bonds. The number of pyridine rings is 1. The van der Waals surface area contributed by atoms with Gasteiger partial charge in [0.05, 0.1) is 15.9 Å². The van der Waals surface area contributed by atoms with E-state index in [0.717, 1.165) is 12.1 Å². The molecule has 15 heavy (non-hydrogen) atoms. The van der Waals surface area contributed by atoms with Crippen molar-refractivity contribution < 1.29 is 4.39 Å². The molecule has 2 aromatic rings. The number of benzene rings is 1. The van der Waals surface area contributed by atoms with E-state index in [9.17, 15) is 9.18 Å². The first-order chi connectivity index (χ1) is 7.13. The van der Waals surface area contributed by atoms with E-state index < -0.39 is 11.2 Å². The maximum Gasteiger partial charge on any atom is 0.208 e. The number of aromatic nitrogens is 1. The van der Waals surface area contributed by atoms with Gasteiger partial charge >= 0.3 is 0 Å². The first-order valence-electron chi connectivity index (χ1n) is 4.04. The van der Waals surface area contributed by atoms with Crippen LogP contribution in [0.4, 0.5) is 4.39 Å². The minimum atomic E-state index is -0.534. The van der Waals surface area contributed by atoms with Gasteiger partial charge in [-0.15, -0.1) is 0 Å². The molecule has 0 spiro atoms. The molecule has 1 aromatic carbocycles. The van der Waals surface area contributed by atoms with Crippen molar-refractivity contribution in [3.8, 4) is 6.07 Å². The number of H-pyrrole nitrogens is 1. The third-order valence-electron chi connectivity index (χ3n) is 2.02. The fourth-order valence-electron chi connectivity index (χ4n) is 1.35. The predicted molar refractivity (Wildman–Crippen MR) is 54.3 cm³/mol. The molecular weight excluding hydrogens is 219 g/mol. The van der Waals surface area contributed by atoms with Crippen molar-refractivity contribution >= 4 is 22.5 Å². The highest BCUT2D eigenvalue weighted by Gasteiger charge is 2.09. The molecule has 0 saturated heterocycles. The predicted octanol–water partition coefficient (Wildman–Crippen LogP) is 2.19. The van der Waals surface area contributed by atoms with Gasteiger partial charge in [-0.2, -0.15) is 5.26 Å². The Morgan fingerprint density at radius 2 is 2.20 bits per heavy atom. The summed E-state index contributed by atoms with van der Waals surface area (Å²) in [5.41, 5.74) is -0.253. The van der Waals surface area contributed by atoms with Crippen molar-refractivity contribution in [1.29, 1.82) is 5.26 Å². The first kappa shape index (κ1) is 9.69. The highest BCUT2D eigenvalue weighted by atomic mass is 35.5. The molecule has 0 saturated carbocycles. The maximum atomic E-state index is 12.9. The SMILES string of the molecule is N#Cc1c[nH]c2cc(F)cc(Cl)c2c1=O. The lowest BCUT2D eigenvalue weighted by atomic mass is 10.1. The van der Waals surface area contributed by atoms with Crippen LogP contribution in [0.3, 0.4) is 0 Å². The van der Waals surface area contributed by atoms with E-state index in [1.165, 1.54) is 6.20 Å². The van der Waals surface area contributed by atoms with Gasteiger partial charge in [-0.25, -0.2) is 4.39 Å². The number of rotatable bonds is 0. The topological polar surface area (TPSA) is 56.6 Å². The van der Waals surface area contributed by atoms with E-state index in [0.29, 0.717) is 0 Å². The molecule has 0 aliphatic carbocycles. The van der Waals surface area contributed by atoms with E-state index >= 15 is 0 Å². The molecule has 1 aromatic heterocycles. The molecule has 0 radical (unpaired) electrons. The van der Waals surface area contributed by atoms with Crippen LogP contribution in [-0.2, 0) is 0 Å². The minimum absolute atomic E-state index is 0.00310. The summed E-state index contributed by atoms with van der Waals surface area (Å²) >= 11 is 5.73. The molecule has 1 heterocycles. The van der Waals surface area contributed by atoms with Gasteiger partial charge in [0, 0.05) is 6.20 Å². The number of hydrogen-bond donors (Lipinski definition) is 1. The third kappa shape index (κ3) is 1.47. The average molecular weight is 223 g/mol. The molecule has 2 rings (SSSR count). The van der Waals surface area contributed by atoms with E-state index in [1.54, 1.807) is 6.07 Å². The zero-order valence-corrected chi connectivity index (χ0v) is 8.10. The van der Waals surface area contributed by atoms with Crippen molar-refractivity contribution in [1.82, 2.24) is 4.98 Å². The van der Waals surface area contributed by atoms with Gasteiger partial charge in [0.2, 0.25) is 5.43 Å². The Morgan fingerprint density at radius 1 is 1.47 bits per heavy atom. The summed E-state index contributed by atoms with van der Waals surface area (Å²) in [5, 5.41) is 8.78. The fourth-order valence-corrected chi connectivity index (χ4v) is 1.64. The smallest absolute Gasteiger partial charge is 0.208 e. The second kappa shape index (κ2) is 3.37. The van der Waals surface area contributed by atoms with Crippen LogP contribution in [0, 0.1) is 17.1 Å². The van der Waals surface area contributed by atoms with Crippen LogP contribution < -0.4 is 5.43 Å². The molecule has 5 heteroatoms. The standard InChI is InChI=1S/C10H4ClFN2O/c11-7-1-6(12)2-8-9(7)10(15)5(3-13)4-14-8/h1-2,4H,(H,14,15). The van der Waals surface area contributed by atoms with Gasteiger partial charge in [0.1, 0.15) is 17.4 Å². The van der Waals surface area contributed by atoms with Crippen LogP contribution in [0.5, 0.6) is 0 Å². The number of halogens is 2. The Kier molecular flexibility index (Phi) is 2.18. The van der Waals surface area contributed by atoms with Crippen LogP contribution in [0.15, 0.2) is 23.1 Å². The second-order valence-corrected chi connectivity index (χ2v) is 3.36. The molecule has 74 valence electrons. The zero-order chi connectivity index (χ0) is 11.0. The summed E-state index contributed by atoms with van der Waals surface area (Å²) in [7, 11) is 0. The summed E-state index contributed by atoms with van der Waals surface area (Å²) in [6.45, 7) is 0. The van der Waals surface area contributed by atoms with Crippen LogP contribution in [-0.4, -0.2) is 4.98 Å². The van der Waals surface area contributed by atoms with Gasteiger partial charge in [0.25, 0.3) is 0 Å². The molecule has 0 fully saturated rings. The molecule has 1 N–H and O–H groups in total. The lowest BCUT2D eigenvalue weighted by molar-refractivity contribution is 0.629. The fraction of sp³-hybridized carbons (Fsp3) is 0. The quantitative estimate of drug-likeness (QED) is 0.743. The number of nitrogens with one attached hydrogen (secondary N) is 1. The van der Waals surface area contributed by atoms with Crippen LogP contribution in [0.25, 0.3) is 10.9 Å². The van der Waals surface area contributed by atoms with Gasteiger partial charge in [0.15, 0.2) is 0 Å². The summed E-state index contributed by atoms with van der Waals surface area (Å²) < 4.78 is 12.9. The van der Waals surface area contributed by atoms with Gasteiger partial charge in [-0.1, -0.05) is 11.6 Å². The number of hydrogen-bond acceptors (Lipinski definition) is 2. The molecule has 0 unspecified atom stereocenters. The average Bonchev–Trinajstić information content (AvgIpc) is 2.17. The summed E-state index contributed by atoms with van der Waals surface area (Å²) in [5.74, 6) is -0.534. The molecule has 0 aliphatic heterocycles. The molecule has 3 nitrogen and oxygen atoms in total. The van der Waals surface area contributed by atoms with Crippen molar-refractivity contribution in [2.75, 3.05) is 0 Å². The summed E-state index contributed by atoms with van der Waals surface area (Å²) in [6.07, 6.45) is 1.24. The lowest BCUT2D eigenvalue weighted by Crippen LogP contribution is -2.07. The minimum Gasteiger partial charge on any atom is -0.360 e. The van der Waals surface area contributed by atoms with Crippen molar-refractivity contribution in [2.45, 2.75) is 0 Å². The number of nitrogens with zero attached hydrogens (tertiary/aromatic N) is 1. The van der Waals surface area contributed by atoms with Crippen molar-refractivity contribution in [2.24, 2.45) is 0 Å². The van der Waals surface area contributed by atoms with Gasteiger partial charge < -0.3 is 4.98 Å². The Balaban J connectivity index is 3.02. The van der Waals surface area contributed by atoms with E-state index in [-0.39, 0.29) is 21.5 Å². The van der Waals surface area contributed by atoms with Gasteiger partial charge in [-0.3, -0.25) is 4.79 Å². The second-order valence-electron chi connectivity index (χ2n) is 2.95. The molecule has 0 aliphatic rings. The third-order valence-corrected chi connectivity index (χ3v) is 2.32. The van der Waals surface area contributed by atoms with E-state index in [4.69, 9.17) is 16.9 Å². The highest BCUT2D eigenvalue weighted by molar-refractivity contribution is 6.35. The van der Waals surface area contributed by atoms with Crippen molar-refractivity contribution in [3.05, 3.63) is 45.0 Å². The van der Waals surface area contributed by atoms with E-state index in [2.05, 4.69) is 4.98 Å². The Labute approximate surface area is 88.7 Å². The van der Waals surface area contributed by atoms with Gasteiger partial charge in [-0.05, 0) is 12.1 Å². The highest BCUT2D eigenvalue weighted by Crippen LogP contribution is 2.20. The lowest BCUT2D eigenvalue weighted by Gasteiger charge is -2.00. The van der Waals surface area contributed by atoms with Crippen LogP contribution in [0.2, 0.25) is 5.02 Å². The maximum absolute atomic E-state index is 12.9. The number of nitriles is 1. The first-order valence-corrected chi connectivity index (χ1v) is 4.42. The largest absolute Gasteiger partial charge is 0.360 e. The van der Waals surface area contributed by atoms with Crippen LogP contribution >= 0.6 is 11.6 Å². The zero-order valence-electron chi connectivity index (χ0n) is 7.34. The Bertz CT molecular complexity index is 642.